The lowest BCUT2D eigenvalue weighted by atomic mass is 9.94. The van der Waals surface area contributed by atoms with Crippen LogP contribution in [-0.4, -0.2) is 242 Å². The van der Waals surface area contributed by atoms with E-state index in [0.29, 0.717) is 77.0 Å². The molecule has 0 radical (unpaired) electrons. The van der Waals surface area contributed by atoms with Crippen molar-refractivity contribution in [3.63, 3.8) is 0 Å². The Morgan fingerprint density at radius 3 is 0.983 bits per heavy atom. The standard InChI is InChI=1S/C30H39N7O2.C30H38N6O2.C29H37N7O2/c1-20-7-8-26(31-17-20)37-15-14-36(18-25(37)19-38)30(39)28-21(2)16-22(3)29(23(28)4)33-24-9-12-35(13-10-24)27-6-5-11-32-34-27;1-21-18-22(2)29(33-24-10-14-34(15-11-24)26-8-4-6-12-31-26)23(3)28(21)30(38)35-16-17-36(25(19-35)20-37)27-9-5-7-13-32-27;1-20-17-21(2)28(32-23-9-13-34(14-10-23)25-7-4-5-11-30-25)22(3)27(20)29(38)35-15-16-36(24(18-35)19-37)26-8-6-12-31-33-26/h5-8,11,16-17,24-25,33,38H,9-10,12-15,18-19H2,1-4H3;4-9,12-13,18,24-25,33,37H,10-11,14-17,19-20H2,1-3H3;4-8,11-12,17,23-24,32,37H,9-10,13-16,18-19H2,1-3H3/t2*25-;24-/m000/s1. The number of hydrogen-bond acceptors (Lipinski definition) is 23. The molecular weight excluding hydrogens is 1450 g/mol. The molecule has 3 aromatic carbocycles. The summed E-state index contributed by atoms with van der Waals surface area (Å²) in [6.07, 6.45) is 16.6. The number of nitrogens with one attached hydrogen (secondary N) is 3. The number of benzene rings is 3. The summed E-state index contributed by atoms with van der Waals surface area (Å²) in [6, 6.07) is 36.3. The van der Waals surface area contributed by atoms with E-state index in [1.54, 1.807) is 18.6 Å². The maximum Gasteiger partial charge on any atom is 0.254 e. The number of hydrogen-bond donors (Lipinski definition) is 6. The number of amides is 3. The minimum atomic E-state index is -0.225. The lowest BCUT2D eigenvalue weighted by Crippen LogP contribution is -2.56. The summed E-state index contributed by atoms with van der Waals surface area (Å²) in [7, 11) is 0. The molecule has 3 atom stereocenters. The van der Waals surface area contributed by atoms with Gasteiger partial charge < -0.3 is 75.4 Å². The summed E-state index contributed by atoms with van der Waals surface area (Å²) in [5, 5.41) is 58.2. The highest BCUT2D eigenvalue weighted by molar-refractivity contribution is 6.01. The number of aromatic nitrogens is 8. The Bertz CT molecular complexity index is 4530. The topological polar surface area (TPSA) is 280 Å². The first-order chi connectivity index (χ1) is 55.8. The van der Waals surface area contributed by atoms with Crippen molar-refractivity contribution in [3.8, 4) is 0 Å². The maximum atomic E-state index is 13.9. The zero-order valence-corrected chi connectivity index (χ0v) is 68.5. The van der Waals surface area contributed by atoms with Gasteiger partial charge in [0.05, 0.1) is 37.9 Å². The molecule has 0 saturated carbocycles. The molecule has 26 heteroatoms. The predicted molar refractivity (Wildman–Crippen MR) is 457 cm³/mol. The number of piperidine rings is 3. The Morgan fingerprint density at radius 1 is 0.348 bits per heavy atom. The third-order valence-electron chi connectivity index (χ3n) is 23.8. The molecule has 15 rings (SSSR count). The number of nitrogens with zero attached hydrogens (tertiary/aromatic N) is 17. The molecule has 6 saturated heterocycles. The predicted octanol–water partition coefficient (Wildman–Crippen LogP) is 10.5. The van der Waals surface area contributed by atoms with Crippen molar-refractivity contribution >= 4 is 69.7 Å². The second-order valence-corrected chi connectivity index (χ2v) is 31.6. The molecule has 6 aromatic heterocycles. The van der Waals surface area contributed by atoms with Crippen LogP contribution < -0.4 is 45.3 Å². The van der Waals surface area contributed by atoms with Crippen molar-refractivity contribution in [3.05, 3.63) is 219 Å². The molecule has 6 aliphatic rings. The van der Waals surface area contributed by atoms with Crippen LogP contribution in [-0.2, 0) is 0 Å². The quantitative estimate of drug-likeness (QED) is 0.0466. The number of pyridine rings is 4. The van der Waals surface area contributed by atoms with Crippen molar-refractivity contribution in [2.24, 2.45) is 0 Å². The fourth-order valence-electron chi connectivity index (χ4n) is 17.7. The summed E-state index contributed by atoms with van der Waals surface area (Å²) >= 11 is 0. The molecule has 0 unspecified atom stereocenters. The van der Waals surface area contributed by atoms with E-state index in [1.807, 2.05) is 145 Å². The van der Waals surface area contributed by atoms with E-state index in [2.05, 4.69) is 153 Å². The monoisotopic (exact) mass is 1560 g/mol. The molecule has 12 heterocycles. The van der Waals surface area contributed by atoms with Crippen molar-refractivity contribution in [2.45, 2.75) is 144 Å². The van der Waals surface area contributed by atoms with Crippen LogP contribution in [0.2, 0.25) is 0 Å². The normalized spacial score (nSPS) is 18.5. The first-order valence-corrected chi connectivity index (χ1v) is 40.9. The van der Waals surface area contributed by atoms with Gasteiger partial charge in [-0.05, 0) is 230 Å². The summed E-state index contributed by atoms with van der Waals surface area (Å²) in [4.78, 5) is 78.5. The lowest BCUT2D eigenvalue weighted by Gasteiger charge is -2.41. The van der Waals surface area contributed by atoms with E-state index in [-0.39, 0.29) is 55.7 Å². The fourth-order valence-corrected chi connectivity index (χ4v) is 17.7. The number of carbonyl (C=O) groups is 3. The van der Waals surface area contributed by atoms with E-state index in [0.717, 1.165) is 202 Å². The number of carbonyl (C=O) groups excluding carboxylic acids is 3. The van der Waals surface area contributed by atoms with Crippen LogP contribution in [0.4, 0.5) is 52.0 Å². The molecule has 606 valence electrons. The van der Waals surface area contributed by atoms with E-state index in [9.17, 15) is 29.7 Å². The summed E-state index contributed by atoms with van der Waals surface area (Å²) in [5.41, 5.74) is 16.0. The molecule has 9 aromatic rings. The SMILES string of the molecule is Cc1cc(C)c(C(=O)N2CCN(c3ccccn3)[C@H](CO)C2)c(C)c1NC1CCN(c2ccccn2)CC1.Cc1cc(C)c(C(=O)N2CCN(c3cccnn3)[C@H](CO)C2)c(C)c1NC1CCN(c2ccccn2)CC1.Cc1ccc(N2CCN(C(=O)c3c(C)cc(C)c(NC4CCN(c5cccnn5)CC4)c3C)C[C@H]2CO)nc1. The van der Waals surface area contributed by atoms with Gasteiger partial charge in [-0.2, -0.15) is 10.2 Å². The number of anilines is 9. The summed E-state index contributed by atoms with van der Waals surface area (Å²) < 4.78 is 0. The van der Waals surface area contributed by atoms with Crippen LogP contribution in [0.1, 0.15) is 125 Å². The van der Waals surface area contributed by atoms with Crippen LogP contribution in [0.5, 0.6) is 0 Å². The molecular formula is C89H114N20O6. The van der Waals surface area contributed by atoms with Crippen molar-refractivity contribution in [2.75, 3.05) is 163 Å². The highest BCUT2D eigenvalue weighted by Crippen LogP contribution is 2.36. The van der Waals surface area contributed by atoms with Crippen LogP contribution in [0.3, 0.4) is 0 Å². The maximum absolute atomic E-state index is 13.9. The van der Waals surface area contributed by atoms with Crippen molar-refractivity contribution < 1.29 is 29.7 Å². The molecule has 3 amide bonds. The van der Waals surface area contributed by atoms with Gasteiger partial charge in [0, 0.05) is 187 Å². The highest BCUT2D eigenvalue weighted by Gasteiger charge is 2.37. The van der Waals surface area contributed by atoms with Gasteiger partial charge >= 0.3 is 0 Å². The minimum absolute atomic E-state index is 0.0188. The van der Waals surface area contributed by atoms with Gasteiger partial charge in [-0.3, -0.25) is 14.4 Å². The van der Waals surface area contributed by atoms with Crippen molar-refractivity contribution in [1.29, 1.82) is 0 Å². The van der Waals surface area contributed by atoms with E-state index >= 15 is 0 Å². The Morgan fingerprint density at radius 2 is 0.670 bits per heavy atom. The molecule has 6 aliphatic heterocycles. The fraction of sp³-hybridized carbons (Fsp3) is 0.449. The molecule has 6 fully saturated rings. The van der Waals surface area contributed by atoms with Crippen LogP contribution >= 0.6 is 0 Å². The number of aryl methyl sites for hydroxylation is 7. The van der Waals surface area contributed by atoms with Crippen LogP contribution in [0, 0.1) is 69.2 Å². The van der Waals surface area contributed by atoms with Gasteiger partial charge in [-0.1, -0.05) is 42.5 Å². The van der Waals surface area contributed by atoms with Crippen LogP contribution in [0.25, 0.3) is 0 Å². The van der Waals surface area contributed by atoms with Gasteiger partial charge in [-0.25, -0.2) is 19.9 Å². The molecule has 26 nitrogen and oxygen atoms in total. The third kappa shape index (κ3) is 19.2. The van der Waals surface area contributed by atoms with Gasteiger partial charge in [-0.15, -0.1) is 10.2 Å². The number of aliphatic hydroxyl groups excluding tert-OH is 3. The third-order valence-corrected chi connectivity index (χ3v) is 23.8. The molecule has 0 bridgehead atoms. The summed E-state index contributed by atoms with van der Waals surface area (Å²) in [5.74, 6) is 5.46. The first kappa shape index (κ1) is 81.9. The molecule has 0 spiro atoms. The number of piperazine rings is 3. The Kier molecular flexibility index (Phi) is 27.0. The Balaban J connectivity index is 0.000000150. The van der Waals surface area contributed by atoms with Gasteiger partial charge in [0.2, 0.25) is 0 Å². The molecule has 115 heavy (non-hydrogen) atoms. The largest absolute Gasteiger partial charge is 0.394 e. The van der Waals surface area contributed by atoms with Gasteiger partial charge in [0.15, 0.2) is 11.6 Å². The zero-order valence-electron chi connectivity index (χ0n) is 68.5. The molecule has 0 aliphatic carbocycles. The number of aliphatic hydroxyl groups is 3. The van der Waals surface area contributed by atoms with Crippen LogP contribution in [0.15, 0.2) is 146 Å². The second kappa shape index (κ2) is 37.9. The highest BCUT2D eigenvalue weighted by atomic mass is 16.3. The lowest BCUT2D eigenvalue weighted by molar-refractivity contribution is 0.0689. The smallest absolute Gasteiger partial charge is 0.254 e. The second-order valence-electron chi connectivity index (χ2n) is 31.6. The van der Waals surface area contributed by atoms with E-state index < -0.39 is 0 Å². The first-order valence-electron chi connectivity index (χ1n) is 40.9. The molecule has 6 N–H and O–H groups in total. The number of rotatable bonds is 18. The van der Waals surface area contributed by atoms with Gasteiger partial charge in [0.1, 0.15) is 23.3 Å². The zero-order chi connectivity index (χ0) is 80.8. The van der Waals surface area contributed by atoms with E-state index in [4.69, 9.17) is 0 Å². The van der Waals surface area contributed by atoms with Crippen molar-refractivity contribution in [1.82, 2.24) is 55.0 Å². The Hall–Kier alpha value is -11.1. The Labute approximate surface area is 677 Å². The minimum Gasteiger partial charge on any atom is -0.394 e. The van der Waals surface area contributed by atoms with E-state index in [1.165, 1.54) is 0 Å². The van der Waals surface area contributed by atoms with Gasteiger partial charge in [0.25, 0.3) is 17.7 Å². The summed E-state index contributed by atoms with van der Waals surface area (Å²) in [6.45, 7) is 31.0. The average Bonchev–Trinajstić information content (AvgIpc) is 0.783. The average molecular weight is 1560 g/mol.